The maximum absolute atomic E-state index is 15.2. The van der Waals surface area contributed by atoms with E-state index in [2.05, 4.69) is 21.3 Å². The number of likely N-dealkylation sites (N-methyl/N-ethyl adjacent to an activating group) is 7. The fourth-order valence-electron chi connectivity index (χ4n) is 11.2. The molecule has 0 spiro atoms. The predicted molar refractivity (Wildman–Crippen MR) is 323 cm³/mol. The van der Waals surface area contributed by atoms with Crippen molar-refractivity contribution in [3.8, 4) is 0 Å². The monoisotopic (exact) mass is 1200 g/mol. The van der Waals surface area contributed by atoms with Crippen LogP contribution in [-0.2, 0) is 62.2 Å². The highest BCUT2D eigenvalue weighted by atomic mass is 16.7. The van der Waals surface area contributed by atoms with Crippen LogP contribution in [0, 0.1) is 41.4 Å². The summed E-state index contributed by atoms with van der Waals surface area (Å²) in [6.45, 7) is 27.9. The van der Waals surface area contributed by atoms with Gasteiger partial charge in [-0.2, -0.15) is 0 Å². The largest absolute Gasteiger partial charge is 0.356 e. The average Bonchev–Trinajstić information content (AvgIpc) is 2.97. The molecule has 0 aromatic carbocycles. The summed E-state index contributed by atoms with van der Waals surface area (Å²) >= 11 is 0. The summed E-state index contributed by atoms with van der Waals surface area (Å²) in [5, 5.41) is 11.1. The van der Waals surface area contributed by atoms with Gasteiger partial charge in [0.1, 0.15) is 60.4 Å². The van der Waals surface area contributed by atoms with E-state index in [-0.39, 0.29) is 61.7 Å². The highest BCUT2D eigenvalue weighted by Crippen LogP contribution is 2.32. The molecule has 2 fully saturated rings. The molecular weight excluding hydrogens is 1090 g/mol. The van der Waals surface area contributed by atoms with E-state index in [4.69, 9.17) is 9.47 Å². The molecule has 486 valence electrons. The zero-order valence-corrected chi connectivity index (χ0v) is 55.9. The van der Waals surface area contributed by atoms with Gasteiger partial charge in [-0.05, 0) is 87.4 Å². The molecule has 85 heavy (non-hydrogen) atoms. The van der Waals surface area contributed by atoms with Crippen LogP contribution in [0.3, 0.4) is 0 Å². The summed E-state index contributed by atoms with van der Waals surface area (Å²) in [7, 11) is 11.6. The Bertz CT molecular complexity index is 2330. The number of nitrogens with zero attached hydrogens (tertiary/aromatic N) is 7. The number of carbonyl (C=O) groups excluding carboxylic acids is 11. The maximum atomic E-state index is 15.2. The first-order valence-corrected chi connectivity index (χ1v) is 30.5. The maximum Gasteiger partial charge on any atom is 0.246 e. The van der Waals surface area contributed by atoms with Gasteiger partial charge in [0.15, 0.2) is 6.29 Å². The van der Waals surface area contributed by atoms with Crippen molar-refractivity contribution in [2.24, 2.45) is 41.4 Å². The van der Waals surface area contributed by atoms with Crippen molar-refractivity contribution < 1.29 is 62.2 Å². The molecule has 0 aromatic rings. The molecule has 0 aromatic heterocycles. The lowest BCUT2D eigenvalue weighted by atomic mass is 9.93. The molecule has 1 unspecified atom stereocenters. The third-order valence-corrected chi connectivity index (χ3v) is 16.4. The van der Waals surface area contributed by atoms with E-state index in [1.165, 1.54) is 99.7 Å². The third-order valence-electron chi connectivity index (χ3n) is 16.4. The average molecular weight is 1200 g/mol. The fraction of sp³-hybridized carbons (Fsp3) is 0.820. The first kappa shape index (κ1) is 75.2. The molecule has 0 bridgehead atoms. The van der Waals surface area contributed by atoms with Gasteiger partial charge in [-0.1, -0.05) is 96.9 Å². The van der Waals surface area contributed by atoms with Crippen LogP contribution in [0.4, 0.5) is 0 Å². The first-order valence-electron chi connectivity index (χ1n) is 30.5. The van der Waals surface area contributed by atoms with Gasteiger partial charge >= 0.3 is 0 Å². The van der Waals surface area contributed by atoms with E-state index in [0.717, 1.165) is 4.90 Å². The Labute approximate surface area is 507 Å². The molecule has 2 rings (SSSR count). The predicted octanol–water partition coefficient (Wildman–Crippen LogP) is 2.70. The van der Waals surface area contributed by atoms with Crippen LogP contribution >= 0.6 is 0 Å². The van der Waals surface area contributed by atoms with E-state index >= 15 is 9.59 Å². The Hall–Kier alpha value is -5.91. The van der Waals surface area contributed by atoms with Crippen LogP contribution in [0.25, 0.3) is 0 Å². The number of rotatable bonds is 13. The molecular formula is C61H109N11O13. The third kappa shape index (κ3) is 20.1. The van der Waals surface area contributed by atoms with Crippen molar-refractivity contribution >= 4 is 65.0 Å². The summed E-state index contributed by atoms with van der Waals surface area (Å²) in [6, 6.07) is -11.9. The van der Waals surface area contributed by atoms with Crippen LogP contribution in [0.2, 0.25) is 0 Å². The standard InChI is InChI=1S/C61H109N11O13/c1-25-41-57(79)66(17)31-46(73)67(18)42(26-32(2)3)54(76)65-48(36(10)11)60(82)68(19)43(27-33(4)5)53(75)62-39(15)52(74)63-40(16)56(78)69(20)44(28-34(6)7)58(80)70(21)45(29-35(8)9)59(81)71(22)49(37(12)13)61(83)72(23)50(55(77)64-41)51-38(14)30-47(84-24)85-51/h32-45,47-51H,25-31H2,1-24H3,(H,62,75)(H,63,74)(H,64,77)(H,65,76)/t38-,39+,40-,41+,42+,43+,44+,45+,47?,48+,49+,50+,51-/m1/s1. The topological polar surface area (TPSA) is 277 Å². The second-order valence-electron chi connectivity index (χ2n) is 26.3. The van der Waals surface area contributed by atoms with Crippen molar-refractivity contribution in [3.05, 3.63) is 0 Å². The highest BCUT2D eigenvalue weighted by Gasteiger charge is 2.49. The van der Waals surface area contributed by atoms with E-state index in [1.807, 2.05) is 62.3 Å². The van der Waals surface area contributed by atoms with Crippen LogP contribution in [-0.4, -0.2) is 235 Å². The number of hydrogen-bond donors (Lipinski definition) is 4. The van der Waals surface area contributed by atoms with Crippen molar-refractivity contribution in [2.75, 3.05) is 63.0 Å². The molecule has 2 heterocycles. The Morgan fingerprint density at radius 1 is 0.471 bits per heavy atom. The van der Waals surface area contributed by atoms with Gasteiger partial charge in [-0.3, -0.25) is 52.7 Å². The minimum absolute atomic E-state index is 0.0621. The minimum atomic E-state index is -1.38. The number of ether oxygens (including phenoxy) is 2. The van der Waals surface area contributed by atoms with Gasteiger partial charge in [0.2, 0.25) is 65.0 Å². The normalized spacial score (nSPS) is 29.6. The van der Waals surface area contributed by atoms with Crippen LogP contribution in [0.15, 0.2) is 0 Å². The van der Waals surface area contributed by atoms with Gasteiger partial charge < -0.3 is 65.0 Å². The van der Waals surface area contributed by atoms with Gasteiger partial charge in [0.25, 0.3) is 0 Å². The molecule has 2 aliphatic heterocycles. The second kappa shape index (κ2) is 33.3. The van der Waals surface area contributed by atoms with Gasteiger partial charge in [-0.25, -0.2) is 0 Å². The minimum Gasteiger partial charge on any atom is -0.356 e. The zero-order chi connectivity index (χ0) is 65.6. The molecule has 0 saturated carbocycles. The molecule has 24 heteroatoms. The second-order valence-corrected chi connectivity index (χ2v) is 26.3. The summed E-state index contributed by atoms with van der Waals surface area (Å²) < 4.78 is 11.9. The number of nitrogens with one attached hydrogen (secondary N) is 4. The number of hydrogen-bond acceptors (Lipinski definition) is 13. The van der Waals surface area contributed by atoms with Gasteiger partial charge in [-0.15, -0.1) is 0 Å². The SMILES string of the molecule is CC[C@@H]1NC(=O)[C@H]([C@@H]2OC(OC)C[C@H]2C)N(C)C(=O)[C@H](C(C)C)N(C)C(=O)[C@H](CC(C)C)N(C)C(=O)[C@H](CC(C)C)N(C)C(=O)[C@@H](C)NC(=O)[C@H](C)NC(=O)[C@H](CC(C)C)N(C)C(=O)[C@H](C(C)C)NC(=O)[C@H](CC(C)C)N(C)C(=O)CN(C)C1=O. The molecule has 24 nitrogen and oxygen atoms in total. The van der Waals surface area contributed by atoms with E-state index < -0.39 is 156 Å². The molecule has 2 saturated heterocycles. The quantitative estimate of drug-likeness (QED) is 0.207. The van der Waals surface area contributed by atoms with Crippen molar-refractivity contribution in [3.63, 3.8) is 0 Å². The zero-order valence-electron chi connectivity index (χ0n) is 55.9. The summed E-state index contributed by atoms with van der Waals surface area (Å²) in [6.07, 6.45) is -0.586. The Kier molecular flexibility index (Phi) is 29.4. The smallest absolute Gasteiger partial charge is 0.246 e. The molecule has 2 aliphatic rings. The summed E-state index contributed by atoms with van der Waals surface area (Å²) in [4.78, 5) is 169. The number of carbonyl (C=O) groups is 11. The summed E-state index contributed by atoms with van der Waals surface area (Å²) in [5.41, 5.74) is 0. The van der Waals surface area contributed by atoms with Crippen molar-refractivity contribution in [1.82, 2.24) is 55.6 Å². The molecule has 0 aliphatic carbocycles. The molecule has 0 radical (unpaired) electrons. The Morgan fingerprint density at radius 3 is 1.35 bits per heavy atom. The molecule has 11 amide bonds. The van der Waals surface area contributed by atoms with E-state index in [1.54, 1.807) is 34.6 Å². The van der Waals surface area contributed by atoms with Gasteiger partial charge in [0.05, 0.1) is 12.6 Å². The Balaban J connectivity index is 2.96. The fourth-order valence-corrected chi connectivity index (χ4v) is 11.2. The van der Waals surface area contributed by atoms with E-state index in [0.29, 0.717) is 6.42 Å². The Morgan fingerprint density at radius 2 is 0.906 bits per heavy atom. The number of methoxy groups -OCH3 is 1. The lowest BCUT2D eigenvalue weighted by Gasteiger charge is -2.41. The molecule has 13 atom stereocenters. The van der Waals surface area contributed by atoms with Crippen LogP contribution in [0.1, 0.15) is 149 Å². The number of amides is 11. The van der Waals surface area contributed by atoms with Crippen molar-refractivity contribution in [2.45, 2.75) is 222 Å². The van der Waals surface area contributed by atoms with E-state index in [9.17, 15) is 43.2 Å². The lowest BCUT2D eigenvalue weighted by Crippen LogP contribution is -2.63. The highest BCUT2D eigenvalue weighted by molar-refractivity contribution is 5.99. The van der Waals surface area contributed by atoms with Crippen LogP contribution < -0.4 is 21.3 Å². The van der Waals surface area contributed by atoms with Crippen molar-refractivity contribution in [1.29, 1.82) is 0 Å². The molecule has 4 N–H and O–H groups in total. The first-order chi connectivity index (χ1) is 39.3. The van der Waals surface area contributed by atoms with Gasteiger partial charge in [0, 0.05) is 62.9 Å². The summed E-state index contributed by atoms with van der Waals surface area (Å²) in [5.74, 6) is -9.01. The van der Waals surface area contributed by atoms with Crippen LogP contribution in [0.5, 0.6) is 0 Å². The lowest BCUT2D eigenvalue weighted by molar-refractivity contribution is -0.163.